The Kier molecular flexibility index (Phi) is 11.4. The van der Waals surface area contributed by atoms with E-state index in [1.165, 1.54) is 0 Å². The second-order valence-corrected chi connectivity index (χ2v) is 8.28. The Morgan fingerprint density at radius 1 is 0.793 bits per heavy atom. The number of nitrogens with two attached hydrogens (primary N) is 1. The summed E-state index contributed by atoms with van der Waals surface area (Å²) >= 11 is 0. The van der Waals surface area contributed by atoms with Crippen molar-refractivity contribution in [3.8, 4) is 0 Å². The van der Waals surface area contributed by atoms with Crippen molar-refractivity contribution in [2.45, 2.75) is 72.1 Å². The largest absolute Gasteiger partial charge is 0.480 e. The minimum absolute atomic E-state index is 0.0447. The van der Waals surface area contributed by atoms with E-state index in [2.05, 4.69) is 16.0 Å². The van der Waals surface area contributed by atoms with E-state index >= 15 is 0 Å². The average Bonchev–Trinajstić information content (AvgIpc) is 2.60. The zero-order valence-corrected chi connectivity index (χ0v) is 18.1. The van der Waals surface area contributed by atoms with E-state index in [1.54, 1.807) is 27.7 Å². The molecular formula is C19H36N4O6. The average molecular weight is 417 g/mol. The number of carboxylic acid groups (broad SMARTS) is 1. The van der Waals surface area contributed by atoms with E-state index < -0.39 is 54.5 Å². The highest BCUT2D eigenvalue weighted by Crippen LogP contribution is 2.10. The molecule has 0 saturated heterocycles. The predicted molar refractivity (Wildman–Crippen MR) is 108 cm³/mol. The Bertz CT molecular complexity index is 579. The van der Waals surface area contributed by atoms with Gasteiger partial charge in [-0.05, 0) is 24.2 Å². The van der Waals surface area contributed by atoms with Crippen LogP contribution in [0.1, 0.15) is 48.0 Å². The first kappa shape index (κ1) is 26.8. The van der Waals surface area contributed by atoms with Crippen LogP contribution < -0.4 is 21.7 Å². The van der Waals surface area contributed by atoms with Gasteiger partial charge in [-0.1, -0.05) is 41.5 Å². The highest BCUT2D eigenvalue weighted by molar-refractivity contribution is 5.94. The second-order valence-electron chi connectivity index (χ2n) is 8.28. The number of nitrogens with one attached hydrogen (secondary N) is 3. The van der Waals surface area contributed by atoms with Crippen LogP contribution in [0.3, 0.4) is 0 Å². The van der Waals surface area contributed by atoms with E-state index in [-0.39, 0.29) is 24.2 Å². The summed E-state index contributed by atoms with van der Waals surface area (Å²) in [5.41, 5.74) is 5.48. The number of rotatable bonds is 12. The standard InChI is InChI=1S/C19H36N4O6/c1-9(2)7-13(17(26)23-15(11(5)6)19(28)29)21-18(27)14(10(3)4)22-16(25)12(20)8-24/h9-15,24H,7-8,20H2,1-6H3,(H,21,27)(H,22,25)(H,23,26)(H,28,29). The number of carboxylic acids is 1. The smallest absolute Gasteiger partial charge is 0.326 e. The molecule has 0 aromatic rings. The summed E-state index contributed by atoms with van der Waals surface area (Å²) in [7, 11) is 0. The third-order valence-electron chi connectivity index (χ3n) is 4.35. The summed E-state index contributed by atoms with van der Waals surface area (Å²) in [6.45, 7) is 9.94. The van der Waals surface area contributed by atoms with Crippen LogP contribution in [0.2, 0.25) is 0 Å². The minimum Gasteiger partial charge on any atom is -0.480 e. The molecule has 0 saturated carbocycles. The van der Waals surface area contributed by atoms with Gasteiger partial charge in [0, 0.05) is 0 Å². The maximum Gasteiger partial charge on any atom is 0.326 e. The molecule has 0 spiro atoms. The van der Waals surface area contributed by atoms with E-state index in [9.17, 15) is 24.3 Å². The van der Waals surface area contributed by atoms with Crippen molar-refractivity contribution in [3.05, 3.63) is 0 Å². The van der Waals surface area contributed by atoms with Crippen molar-refractivity contribution >= 4 is 23.7 Å². The number of hydrogen-bond donors (Lipinski definition) is 6. The summed E-state index contributed by atoms with van der Waals surface area (Å²) < 4.78 is 0. The molecule has 0 aliphatic heterocycles. The normalized spacial score (nSPS) is 15.6. The molecule has 10 heteroatoms. The molecule has 4 unspecified atom stereocenters. The van der Waals surface area contributed by atoms with Crippen LogP contribution in [-0.2, 0) is 19.2 Å². The lowest BCUT2D eigenvalue weighted by Crippen LogP contribution is -2.59. The highest BCUT2D eigenvalue weighted by atomic mass is 16.4. The first-order valence-electron chi connectivity index (χ1n) is 9.82. The summed E-state index contributed by atoms with van der Waals surface area (Å²) in [5, 5.41) is 25.9. The van der Waals surface area contributed by atoms with E-state index in [4.69, 9.17) is 10.8 Å². The van der Waals surface area contributed by atoms with Crippen LogP contribution in [0.25, 0.3) is 0 Å². The number of amides is 3. The van der Waals surface area contributed by atoms with Gasteiger partial charge < -0.3 is 31.9 Å². The maximum absolute atomic E-state index is 12.8. The molecule has 0 aromatic heterocycles. The van der Waals surface area contributed by atoms with Crippen LogP contribution in [0.15, 0.2) is 0 Å². The van der Waals surface area contributed by atoms with Crippen LogP contribution in [-0.4, -0.2) is 64.7 Å². The number of hydrogen-bond acceptors (Lipinski definition) is 6. The Hall–Kier alpha value is -2.20. The van der Waals surface area contributed by atoms with Crippen molar-refractivity contribution < 1.29 is 29.4 Å². The summed E-state index contributed by atoms with van der Waals surface area (Å²) in [5.74, 6) is -3.64. The summed E-state index contributed by atoms with van der Waals surface area (Å²) in [6, 6.07) is -4.19. The molecular weight excluding hydrogens is 380 g/mol. The number of aliphatic hydroxyl groups excluding tert-OH is 1. The number of carbonyl (C=O) groups excluding carboxylic acids is 3. The Labute approximate surface area is 172 Å². The van der Waals surface area contributed by atoms with Crippen molar-refractivity contribution in [2.75, 3.05) is 6.61 Å². The Morgan fingerprint density at radius 2 is 1.28 bits per heavy atom. The van der Waals surface area contributed by atoms with Gasteiger partial charge in [-0.2, -0.15) is 0 Å². The van der Waals surface area contributed by atoms with E-state index in [0.29, 0.717) is 0 Å². The summed E-state index contributed by atoms with van der Waals surface area (Å²) in [6.07, 6.45) is 0.289. The lowest BCUT2D eigenvalue weighted by molar-refractivity contribution is -0.143. The molecule has 0 rings (SSSR count). The van der Waals surface area contributed by atoms with Crippen molar-refractivity contribution in [1.29, 1.82) is 0 Å². The van der Waals surface area contributed by atoms with Gasteiger partial charge in [-0.3, -0.25) is 14.4 Å². The molecule has 29 heavy (non-hydrogen) atoms. The number of aliphatic carboxylic acids is 1. The zero-order valence-electron chi connectivity index (χ0n) is 18.1. The van der Waals surface area contributed by atoms with Gasteiger partial charge >= 0.3 is 5.97 Å². The first-order valence-corrected chi connectivity index (χ1v) is 9.82. The first-order chi connectivity index (χ1) is 13.3. The fourth-order valence-corrected chi connectivity index (χ4v) is 2.61. The zero-order chi connectivity index (χ0) is 22.9. The monoisotopic (exact) mass is 416 g/mol. The molecule has 0 aromatic carbocycles. The van der Waals surface area contributed by atoms with Gasteiger partial charge in [0.2, 0.25) is 17.7 Å². The number of carbonyl (C=O) groups is 4. The van der Waals surface area contributed by atoms with Gasteiger partial charge in [0.05, 0.1) is 6.61 Å². The van der Waals surface area contributed by atoms with Gasteiger partial charge in [-0.25, -0.2) is 4.79 Å². The van der Waals surface area contributed by atoms with E-state index in [1.807, 2.05) is 13.8 Å². The van der Waals surface area contributed by atoms with Crippen molar-refractivity contribution in [3.63, 3.8) is 0 Å². The van der Waals surface area contributed by atoms with Crippen molar-refractivity contribution in [1.82, 2.24) is 16.0 Å². The minimum atomic E-state index is -1.17. The fourth-order valence-electron chi connectivity index (χ4n) is 2.61. The molecule has 4 atom stereocenters. The molecule has 0 aliphatic carbocycles. The van der Waals surface area contributed by atoms with Crippen molar-refractivity contribution in [2.24, 2.45) is 23.5 Å². The van der Waals surface area contributed by atoms with Gasteiger partial charge in [0.15, 0.2) is 0 Å². The van der Waals surface area contributed by atoms with Crippen LogP contribution in [0, 0.1) is 17.8 Å². The lowest BCUT2D eigenvalue weighted by atomic mass is 9.98. The van der Waals surface area contributed by atoms with Gasteiger partial charge in [0.1, 0.15) is 24.2 Å². The number of aliphatic hydroxyl groups is 1. The predicted octanol–water partition coefficient (Wildman–Crippen LogP) is -0.797. The Morgan fingerprint density at radius 3 is 1.66 bits per heavy atom. The van der Waals surface area contributed by atoms with Crippen LogP contribution in [0.5, 0.6) is 0 Å². The quantitative estimate of drug-likeness (QED) is 0.242. The topological polar surface area (TPSA) is 171 Å². The second kappa shape index (κ2) is 12.4. The van der Waals surface area contributed by atoms with Gasteiger partial charge in [-0.15, -0.1) is 0 Å². The molecule has 0 heterocycles. The third kappa shape index (κ3) is 9.23. The molecule has 0 radical (unpaired) electrons. The maximum atomic E-state index is 12.8. The van der Waals surface area contributed by atoms with Crippen LogP contribution in [0.4, 0.5) is 0 Å². The summed E-state index contributed by atoms with van der Waals surface area (Å²) in [4.78, 5) is 48.8. The molecule has 0 fully saturated rings. The van der Waals surface area contributed by atoms with E-state index in [0.717, 1.165) is 0 Å². The SMILES string of the molecule is CC(C)CC(NC(=O)C(NC(=O)C(N)CO)C(C)C)C(=O)NC(C(=O)O)C(C)C. The lowest BCUT2D eigenvalue weighted by Gasteiger charge is -2.28. The molecule has 168 valence electrons. The molecule has 0 bridgehead atoms. The Balaban J connectivity index is 5.40. The van der Waals surface area contributed by atoms with Gasteiger partial charge in [0.25, 0.3) is 0 Å². The molecule has 7 N–H and O–H groups in total. The third-order valence-corrected chi connectivity index (χ3v) is 4.35. The highest BCUT2D eigenvalue weighted by Gasteiger charge is 2.32. The van der Waals surface area contributed by atoms with Crippen LogP contribution >= 0.6 is 0 Å². The molecule has 10 nitrogen and oxygen atoms in total. The molecule has 3 amide bonds. The molecule has 0 aliphatic rings. The fraction of sp³-hybridized carbons (Fsp3) is 0.789.